The van der Waals surface area contributed by atoms with Gasteiger partial charge in [0.2, 0.25) is 0 Å². The van der Waals surface area contributed by atoms with E-state index in [0.29, 0.717) is 11.5 Å². The molecule has 0 bridgehead atoms. The normalized spacial score (nSPS) is 34.4. The van der Waals surface area contributed by atoms with Crippen LogP contribution in [0.1, 0.15) is 46.5 Å². The minimum Gasteiger partial charge on any atom is -0.381 e. The van der Waals surface area contributed by atoms with E-state index in [9.17, 15) is 0 Å². The predicted molar refractivity (Wildman–Crippen MR) is 69.2 cm³/mol. The zero-order chi connectivity index (χ0) is 12.4. The molecule has 0 saturated carbocycles. The smallest absolute Gasteiger partial charge is 0.0582 e. The summed E-state index contributed by atoms with van der Waals surface area (Å²) in [6.07, 6.45) is 5.27. The topological polar surface area (TPSA) is 30.5 Å². The van der Waals surface area contributed by atoms with Crippen molar-refractivity contribution in [3.63, 3.8) is 0 Å². The lowest BCUT2D eigenvalue weighted by Crippen LogP contribution is -2.45. The van der Waals surface area contributed by atoms with Crippen molar-refractivity contribution in [3.8, 4) is 0 Å². The molecule has 3 heteroatoms. The molecule has 100 valence electrons. The summed E-state index contributed by atoms with van der Waals surface area (Å²) in [6.45, 7) is 10.5. The van der Waals surface area contributed by atoms with E-state index in [2.05, 4.69) is 26.1 Å². The van der Waals surface area contributed by atoms with Crippen LogP contribution in [0, 0.1) is 5.41 Å². The van der Waals surface area contributed by atoms with Gasteiger partial charge in [0.1, 0.15) is 0 Å². The van der Waals surface area contributed by atoms with Crippen LogP contribution in [0.4, 0.5) is 0 Å². The molecule has 0 spiro atoms. The summed E-state index contributed by atoms with van der Waals surface area (Å²) in [4.78, 5) is 0. The van der Waals surface area contributed by atoms with E-state index in [1.807, 2.05) is 0 Å². The Kier molecular flexibility index (Phi) is 4.11. The zero-order valence-corrected chi connectivity index (χ0v) is 11.6. The van der Waals surface area contributed by atoms with Crippen molar-refractivity contribution in [2.45, 2.75) is 58.1 Å². The first-order valence-corrected chi connectivity index (χ1v) is 6.94. The second kappa shape index (κ2) is 5.25. The predicted octanol–water partition coefficient (Wildman–Crippen LogP) is 2.35. The molecule has 0 aromatic heterocycles. The first-order valence-electron chi connectivity index (χ1n) is 6.94. The van der Waals surface area contributed by atoms with Crippen LogP contribution in [0.25, 0.3) is 0 Å². The SMILES string of the molecule is CC(C)(C)NCC1(CC2CCCO2)CCOC1. The second-order valence-electron chi connectivity index (χ2n) is 6.75. The second-order valence-corrected chi connectivity index (χ2v) is 6.75. The fourth-order valence-electron chi connectivity index (χ4n) is 2.76. The van der Waals surface area contributed by atoms with E-state index in [0.717, 1.165) is 32.8 Å². The average molecular weight is 241 g/mol. The lowest BCUT2D eigenvalue weighted by molar-refractivity contribution is 0.0495. The molecule has 2 rings (SSSR count). The zero-order valence-electron chi connectivity index (χ0n) is 11.6. The summed E-state index contributed by atoms with van der Waals surface area (Å²) in [5, 5.41) is 3.64. The number of rotatable bonds is 4. The van der Waals surface area contributed by atoms with Gasteiger partial charge in [-0.25, -0.2) is 0 Å². The molecule has 0 aromatic carbocycles. The first kappa shape index (κ1) is 13.3. The molecular weight excluding hydrogens is 214 g/mol. The Hall–Kier alpha value is -0.120. The van der Waals surface area contributed by atoms with Crippen molar-refractivity contribution in [3.05, 3.63) is 0 Å². The number of hydrogen-bond acceptors (Lipinski definition) is 3. The minimum atomic E-state index is 0.187. The first-order chi connectivity index (χ1) is 7.99. The van der Waals surface area contributed by atoms with Crippen molar-refractivity contribution in [2.75, 3.05) is 26.4 Å². The average Bonchev–Trinajstić information content (AvgIpc) is 2.87. The Morgan fingerprint density at radius 3 is 2.65 bits per heavy atom. The number of nitrogens with one attached hydrogen (secondary N) is 1. The summed E-state index contributed by atoms with van der Waals surface area (Å²) >= 11 is 0. The van der Waals surface area contributed by atoms with Gasteiger partial charge in [-0.05, 0) is 46.5 Å². The lowest BCUT2D eigenvalue weighted by Gasteiger charge is -2.34. The maximum atomic E-state index is 5.79. The molecule has 2 aliphatic heterocycles. The maximum Gasteiger partial charge on any atom is 0.0582 e. The molecule has 0 aliphatic carbocycles. The van der Waals surface area contributed by atoms with Crippen molar-refractivity contribution in [2.24, 2.45) is 5.41 Å². The van der Waals surface area contributed by atoms with Gasteiger partial charge in [-0.1, -0.05) is 0 Å². The molecule has 2 unspecified atom stereocenters. The Morgan fingerprint density at radius 1 is 1.29 bits per heavy atom. The molecule has 0 radical (unpaired) electrons. The fourth-order valence-corrected chi connectivity index (χ4v) is 2.76. The molecule has 0 amide bonds. The van der Waals surface area contributed by atoms with Crippen LogP contribution in [0.2, 0.25) is 0 Å². The van der Waals surface area contributed by atoms with E-state index in [1.54, 1.807) is 0 Å². The van der Waals surface area contributed by atoms with Crippen LogP contribution in [-0.4, -0.2) is 38.0 Å². The maximum absolute atomic E-state index is 5.79. The molecule has 1 N–H and O–H groups in total. The third kappa shape index (κ3) is 3.94. The Balaban J connectivity index is 1.89. The molecule has 17 heavy (non-hydrogen) atoms. The third-order valence-electron chi connectivity index (χ3n) is 3.86. The molecule has 2 heterocycles. The number of hydrogen-bond donors (Lipinski definition) is 1. The molecule has 2 fully saturated rings. The van der Waals surface area contributed by atoms with Gasteiger partial charge in [-0.2, -0.15) is 0 Å². The summed E-state index contributed by atoms with van der Waals surface area (Å²) in [6, 6.07) is 0. The largest absolute Gasteiger partial charge is 0.381 e. The van der Waals surface area contributed by atoms with Gasteiger partial charge < -0.3 is 14.8 Å². The summed E-state index contributed by atoms with van der Waals surface area (Å²) in [5.74, 6) is 0. The third-order valence-corrected chi connectivity index (χ3v) is 3.86. The van der Waals surface area contributed by atoms with Crippen LogP contribution in [-0.2, 0) is 9.47 Å². The van der Waals surface area contributed by atoms with Gasteiger partial charge in [0.15, 0.2) is 0 Å². The Morgan fingerprint density at radius 2 is 2.12 bits per heavy atom. The summed E-state index contributed by atoms with van der Waals surface area (Å²) in [7, 11) is 0. The minimum absolute atomic E-state index is 0.187. The van der Waals surface area contributed by atoms with E-state index >= 15 is 0 Å². The van der Waals surface area contributed by atoms with Gasteiger partial charge in [0.25, 0.3) is 0 Å². The Bertz CT molecular complexity index is 235. The van der Waals surface area contributed by atoms with Crippen molar-refractivity contribution in [1.29, 1.82) is 0 Å². The van der Waals surface area contributed by atoms with Crippen LogP contribution < -0.4 is 5.32 Å². The van der Waals surface area contributed by atoms with Crippen LogP contribution in [0.3, 0.4) is 0 Å². The standard InChI is InChI=1S/C14H27NO2/c1-13(2,3)15-10-14(6-8-16-11-14)9-12-5-4-7-17-12/h12,15H,4-11H2,1-3H3. The van der Waals surface area contributed by atoms with E-state index in [4.69, 9.17) is 9.47 Å². The van der Waals surface area contributed by atoms with Crippen molar-refractivity contribution < 1.29 is 9.47 Å². The van der Waals surface area contributed by atoms with Gasteiger partial charge >= 0.3 is 0 Å². The molecule has 2 atom stereocenters. The highest BCUT2D eigenvalue weighted by atomic mass is 16.5. The highest BCUT2D eigenvalue weighted by molar-refractivity contribution is 4.90. The van der Waals surface area contributed by atoms with Crippen molar-refractivity contribution in [1.82, 2.24) is 5.32 Å². The van der Waals surface area contributed by atoms with Gasteiger partial charge in [-0.3, -0.25) is 0 Å². The molecule has 2 saturated heterocycles. The van der Waals surface area contributed by atoms with Crippen LogP contribution in [0.5, 0.6) is 0 Å². The quantitative estimate of drug-likeness (QED) is 0.819. The monoisotopic (exact) mass is 241 g/mol. The van der Waals surface area contributed by atoms with E-state index < -0.39 is 0 Å². The molecule has 0 aromatic rings. The highest BCUT2D eigenvalue weighted by Crippen LogP contribution is 2.36. The summed E-state index contributed by atoms with van der Waals surface area (Å²) in [5.41, 5.74) is 0.494. The van der Waals surface area contributed by atoms with Gasteiger partial charge in [0.05, 0.1) is 12.7 Å². The molecular formula is C14H27NO2. The van der Waals surface area contributed by atoms with E-state index in [-0.39, 0.29) is 5.54 Å². The fraction of sp³-hybridized carbons (Fsp3) is 1.00. The van der Waals surface area contributed by atoms with Crippen molar-refractivity contribution >= 4 is 0 Å². The van der Waals surface area contributed by atoms with Gasteiger partial charge in [-0.15, -0.1) is 0 Å². The van der Waals surface area contributed by atoms with Crippen LogP contribution >= 0.6 is 0 Å². The molecule has 3 nitrogen and oxygen atoms in total. The van der Waals surface area contributed by atoms with E-state index in [1.165, 1.54) is 19.3 Å². The number of ether oxygens (including phenoxy) is 2. The summed E-state index contributed by atoms with van der Waals surface area (Å²) < 4.78 is 11.4. The highest BCUT2D eigenvalue weighted by Gasteiger charge is 2.38. The molecule has 2 aliphatic rings. The van der Waals surface area contributed by atoms with Crippen LogP contribution in [0.15, 0.2) is 0 Å². The Labute approximate surface area is 105 Å². The lowest BCUT2D eigenvalue weighted by atomic mass is 9.80. The van der Waals surface area contributed by atoms with Gasteiger partial charge in [0, 0.05) is 30.7 Å².